The monoisotopic (exact) mass is 176 g/mol. The molecule has 2 N–H and O–H groups in total. The van der Waals surface area contributed by atoms with Gasteiger partial charge < -0.3 is 10.6 Å². The lowest BCUT2D eigenvalue weighted by Crippen LogP contribution is -2.15. The topological polar surface area (TPSA) is 29.3 Å². The van der Waals surface area contributed by atoms with Crippen molar-refractivity contribution in [3.05, 3.63) is 0 Å². The van der Waals surface area contributed by atoms with Crippen LogP contribution in [0.5, 0.6) is 0 Å². The van der Waals surface area contributed by atoms with Crippen LogP contribution >= 0.6 is 12.6 Å². The summed E-state index contributed by atoms with van der Waals surface area (Å²) < 4.78 is 0. The molecular weight excluding hydrogens is 156 g/mol. The van der Waals surface area contributed by atoms with Gasteiger partial charge in [-0.2, -0.15) is 12.6 Å². The van der Waals surface area contributed by atoms with Crippen LogP contribution in [0.4, 0.5) is 0 Å². The van der Waals surface area contributed by atoms with Crippen molar-refractivity contribution in [2.45, 2.75) is 24.5 Å². The Balaban J connectivity index is 3.10. The SMILES string of the molecule is CN(C)CCCC(S)CCN. The molecule has 0 rings (SSSR count). The number of thiol groups is 1. The molecule has 0 bridgehead atoms. The average molecular weight is 176 g/mol. The van der Waals surface area contributed by atoms with Gasteiger partial charge in [-0.25, -0.2) is 0 Å². The molecular formula is C8H20N2S. The molecule has 1 atom stereocenters. The molecule has 0 fully saturated rings. The maximum atomic E-state index is 5.40. The van der Waals surface area contributed by atoms with Crippen molar-refractivity contribution in [3.8, 4) is 0 Å². The third-order valence-corrected chi connectivity index (χ3v) is 2.16. The highest BCUT2D eigenvalue weighted by atomic mass is 32.1. The smallest absolute Gasteiger partial charge is 0.00292 e. The normalized spacial score (nSPS) is 13.9. The molecule has 0 aromatic heterocycles. The fourth-order valence-electron chi connectivity index (χ4n) is 0.980. The molecule has 0 spiro atoms. The molecule has 1 unspecified atom stereocenters. The predicted molar refractivity (Wildman–Crippen MR) is 54.2 cm³/mol. The van der Waals surface area contributed by atoms with Crippen molar-refractivity contribution in [2.75, 3.05) is 27.2 Å². The van der Waals surface area contributed by atoms with Crippen molar-refractivity contribution in [1.82, 2.24) is 4.90 Å². The molecule has 0 aliphatic heterocycles. The molecule has 0 radical (unpaired) electrons. The third-order valence-electron chi connectivity index (χ3n) is 1.64. The van der Waals surface area contributed by atoms with Gasteiger partial charge in [0.1, 0.15) is 0 Å². The first-order valence-corrected chi connectivity index (χ1v) is 4.71. The summed E-state index contributed by atoms with van der Waals surface area (Å²) in [6.07, 6.45) is 3.44. The zero-order valence-electron chi connectivity index (χ0n) is 7.58. The Morgan fingerprint density at radius 2 is 2.00 bits per heavy atom. The zero-order valence-corrected chi connectivity index (χ0v) is 8.48. The van der Waals surface area contributed by atoms with E-state index in [0.717, 1.165) is 19.5 Å². The minimum Gasteiger partial charge on any atom is -0.330 e. The summed E-state index contributed by atoms with van der Waals surface area (Å²) in [4.78, 5) is 2.20. The summed E-state index contributed by atoms with van der Waals surface area (Å²) in [5.41, 5.74) is 5.40. The van der Waals surface area contributed by atoms with Crippen molar-refractivity contribution in [3.63, 3.8) is 0 Å². The van der Waals surface area contributed by atoms with Crippen LogP contribution in [0.2, 0.25) is 0 Å². The van der Waals surface area contributed by atoms with Crippen molar-refractivity contribution in [2.24, 2.45) is 5.73 Å². The van der Waals surface area contributed by atoms with Crippen molar-refractivity contribution >= 4 is 12.6 Å². The second kappa shape index (κ2) is 6.95. The Kier molecular flexibility index (Phi) is 7.12. The summed E-state index contributed by atoms with van der Waals surface area (Å²) in [6, 6.07) is 0. The summed E-state index contributed by atoms with van der Waals surface area (Å²) in [5.74, 6) is 0. The van der Waals surface area contributed by atoms with E-state index in [1.54, 1.807) is 0 Å². The van der Waals surface area contributed by atoms with Crippen LogP contribution in [0, 0.1) is 0 Å². The molecule has 0 amide bonds. The third kappa shape index (κ3) is 8.17. The van der Waals surface area contributed by atoms with Gasteiger partial charge in [-0.15, -0.1) is 0 Å². The van der Waals surface area contributed by atoms with Gasteiger partial charge in [0.15, 0.2) is 0 Å². The minimum atomic E-state index is 0.500. The minimum absolute atomic E-state index is 0.500. The van der Waals surface area contributed by atoms with Crippen LogP contribution < -0.4 is 5.73 Å². The van der Waals surface area contributed by atoms with Gasteiger partial charge in [0.2, 0.25) is 0 Å². The molecule has 2 nitrogen and oxygen atoms in total. The number of rotatable bonds is 6. The molecule has 0 aromatic carbocycles. The molecule has 0 aliphatic carbocycles. The Labute approximate surface area is 75.5 Å². The van der Waals surface area contributed by atoms with Gasteiger partial charge in [-0.3, -0.25) is 0 Å². The van der Waals surface area contributed by atoms with E-state index in [9.17, 15) is 0 Å². The zero-order chi connectivity index (χ0) is 8.69. The predicted octanol–water partition coefficient (Wildman–Crippen LogP) is 0.975. The van der Waals surface area contributed by atoms with Crippen LogP contribution in [-0.2, 0) is 0 Å². The fourth-order valence-corrected chi connectivity index (χ4v) is 1.31. The second-order valence-corrected chi connectivity index (χ2v) is 3.91. The van der Waals surface area contributed by atoms with Crippen LogP contribution in [0.3, 0.4) is 0 Å². The number of hydrogen-bond acceptors (Lipinski definition) is 3. The first-order valence-electron chi connectivity index (χ1n) is 4.19. The molecule has 68 valence electrons. The van der Waals surface area contributed by atoms with Crippen LogP contribution in [0.25, 0.3) is 0 Å². The Hall–Kier alpha value is 0.270. The van der Waals surface area contributed by atoms with E-state index in [0.29, 0.717) is 5.25 Å². The molecule has 11 heavy (non-hydrogen) atoms. The lowest BCUT2D eigenvalue weighted by molar-refractivity contribution is 0.392. The van der Waals surface area contributed by atoms with Gasteiger partial charge in [-0.1, -0.05) is 0 Å². The van der Waals surface area contributed by atoms with Crippen LogP contribution in [0.15, 0.2) is 0 Å². The average Bonchev–Trinajstić information content (AvgIpc) is 1.87. The van der Waals surface area contributed by atoms with Gasteiger partial charge in [0.25, 0.3) is 0 Å². The quantitative estimate of drug-likeness (QED) is 0.591. The number of hydrogen-bond donors (Lipinski definition) is 2. The van der Waals surface area contributed by atoms with Gasteiger partial charge in [-0.05, 0) is 46.4 Å². The molecule has 0 heterocycles. The maximum absolute atomic E-state index is 5.40. The van der Waals surface area contributed by atoms with E-state index in [-0.39, 0.29) is 0 Å². The van der Waals surface area contributed by atoms with Gasteiger partial charge >= 0.3 is 0 Å². The van der Waals surface area contributed by atoms with Gasteiger partial charge in [0.05, 0.1) is 0 Å². The first-order chi connectivity index (χ1) is 5.16. The fraction of sp³-hybridized carbons (Fsp3) is 1.00. The lowest BCUT2D eigenvalue weighted by atomic mass is 10.2. The molecule has 3 heteroatoms. The highest BCUT2D eigenvalue weighted by Crippen LogP contribution is 2.07. The van der Waals surface area contributed by atoms with Gasteiger partial charge in [0, 0.05) is 5.25 Å². The van der Waals surface area contributed by atoms with E-state index in [1.807, 2.05) is 0 Å². The van der Waals surface area contributed by atoms with Crippen molar-refractivity contribution < 1.29 is 0 Å². The maximum Gasteiger partial charge on any atom is 0.00292 e. The number of nitrogens with two attached hydrogens (primary N) is 1. The molecule has 0 aliphatic rings. The summed E-state index contributed by atoms with van der Waals surface area (Å²) >= 11 is 4.41. The highest BCUT2D eigenvalue weighted by Gasteiger charge is 2.00. The molecule has 0 aromatic rings. The highest BCUT2D eigenvalue weighted by molar-refractivity contribution is 7.80. The molecule has 0 saturated heterocycles. The van der Waals surface area contributed by atoms with Crippen LogP contribution in [0.1, 0.15) is 19.3 Å². The Bertz CT molecular complexity index is 86.2. The van der Waals surface area contributed by atoms with E-state index >= 15 is 0 Å². The first kappa shape index (κ1) is 11.3. The number of nitrogens with zero attached hydrogens (tertiary/aromatic N) is 1. The van der Waals surface area contributed by atoms with E-state index in [1.165, 1.54) is 12.8 Å². The van der Waals surface area contributed by atoms with Crippen LogP contribution in [-0.4, -0.2) is 37.3 Å². The summed E-state index contributed by atoms with van der Waals surface area (Å²) in [5, 5.41) is 0.500. The summed E-state index contributed by atoms with van der Waals surface area (Å²) in [7, 11) is 4.19. The summed E-state index contributed by atoms with van der Waals surface area (Å²) in [6.45, 7) is 1.91. The second-order valence-electron chi connectivity index (χ2n) is 3.18. The molecule has 0 saturated carbocycles. The lowest BCUT2D eigenvalue weighted by Gasteiger charge is -2.12. The Morgan fingerprint density at radius 1 is 1.36 bits per heavy atom. The van der Waals surface area contributed by atoms with E-state index in [2.05, 4.69) is 31.6 Å². The van der Waals surface area contributed by atoms with Crippen molar-refractivity contribution in [1.29, 1.82) is 0 Å². The van der Waals surface area contributed by atoms with E-state index in [4.69, 9.17) is 5.73 Å². The standard InChI is InChI=1S/C8H20N2S/c1-10(2)7-3-4-8(11)5-6-9/h8,11H,3-7,9H2,1-2H3. The Morgan fingerprint density at radius 3 is 2.45 bits per heavy atom. The largest absolute Gasteiger partial charge is 0.330 e. The van der Waals surface area contributed by atoms with E-state index < -0.39 is 0 Å².